The fourth-order valence-electron chi connectivity index (χ4n) is 1.25. The molecular formula is C10H7ClFIN2. The van der Waals surface area contributed by atoms with E-state index in [1.165, 1.54) is 6.07 Å². The van der Waals surface area contributed by atoms with E-state index >= 15 is 0 Å². The summed E-state index contributed by atoms with van der Waals surface area (Å²) in [4.78, 5) is 0. The van der Waals surface area contributed by atoms with Crippen molar-refractivity contribution in [2.75, 3.05) is 0 Å². The van der Waals surface area contributed by atoms with Gasteiger partial charge in [0.15, 0.2) is 0 Å². The number of aromatic nitrogens is 2. The van der Waals surface area contributed by atoms with Gasteiger partial charge in [-0.2, -0.15) is 5.10 Å². The van der Waals surface area contributed by atoms with Crippen molar-refractivity contribution in [1.29, 1.82) is 0 Å². The first-order valence-corrected chi connectivity index (χ1v) is 5.74. The summed E-state index contributed by atoms with van der Waals surface area (Å²) in [5, 5.41) is 4.58. The first-order valence-electron chi connectivity index (χ1n) is 4.28. The molecule has 0 atom stereocenters. The van der Waals surface area contributed by atoms with Crippen LogP contribution in [0, 0.1) is 9.52 Å². The van der Waals surface area contributed by atoms with E-state index in [1.54, 1.807) is 16.8 Å². The third kappa shape index (κ3) is 2.69. The first-order chi connectivity index (χ1) is 7.15. The molecule has 1 aromatic heterocycles. The molecule has 78 valence electrons. The highest BCUT2D eigenvalue weighted by molar-refractivity contribution is 14.1. The number of hydrogen-bond donors (Lipinski definition) is 0. The topological polar surface area (TPSA) is 17.8 Å². The summed E-state index contributed by atoms with van der Waals surface area (Å²) in [7, 11) is 0. The highest BCUT2D eigenvalue weighted by atomic mass is 127. The Balaban J connectivity index is 2.24. The van der Waals surface area contributed by atoms with Crippen molar-refractivity contribution in [2.24, 2.45) is 0 Å². The summed E-state index contributed by atoms with van der Waals surface area (Å²) in [6.45, 7) is 0.423. The Labute approximate surface area is 105 Å². The van der Waals surface area contributed by atoms with Crippen LogP contribution in [0.2, 0.25) is 5.02 Å². The third-order valence-electron chi connectivity index (χ3n) is 1.96. The molecule has 1 aromatic carbocycles. The van der Waals surface area contributed by atoms with Gasteiger partial charge in [-0.1, -0.05) is 17.7 Å². The zero-order chi connectivity index (χ0) is 10.8. The SMILES string of the molecule is Fc1cc(Cl)ccc1Cn1ccc(I)n1. The van der Waals surface area contributed by atoms with Gasteiger partial charge < -0.3 is 0 Å². The minimum atomic E-state index is -0.298. The Bertz CT molecular complexity index is 484. The second-order valence-electron chi connectivity index (χ2n) is 3.07. The van der Waals surface area contributed by atoms with E-state index in [0.717, 1.165) is 3.70 Å². The number of nitrogens with zero attached hydrogens (tertiary/aromatic N) is 2. The molecule has 2 aromatic rings. The third-order valence-corrected chi connectivity index (χ3v) is 2.77. The van der Waals surface area contributed by atoms with Gasteiger partial charge >= 0.3 is 0 Å². The van der Waals surface area contributed by atoms with Crippen LogP contribution in [0.1, 0.15) is 5.56 Å². The Morgan fingerprint density at radius 2 is 2.20 bits per heavy atom. The molecule has 0 saturated carbocycles. The lowest BCUT2D eigenvalue weighted by Crippen LogP contribution is -2.02. The van der Waals surface area contributed by atoms with Crippen molar-refractivity contribution in [3.63, 3.8) is 0 Å². The Morgan fingerprint density at radius 1 is 1.40 bits per heavy atom. The number of rotatable bonds is 2. The van der Waals surface area contributed by atoms with Crippen molar-refractivity contribution < 1.29 is 4.39 Å². The fourth-order valence-corrected chi connectivity index (χ4v) is 1.85. The van der Waals surface area contributed by atoms with Crippen molar-refractivity contribution >= 4 is 34.2 Å². The van der Waals surface area contributed by atoms with Crippen molar-refractivity contribution in [3.8, 4) is 0 Å². The van der Waals surface area contributed by atoms with E-state index in [0.29, 0.717) is 17.1 Å². The van der Waals surface area contributed by atoms with Crippen LogP contribution in [0.4, 0.5) is 4.39 Å². The highest BCUT2D eigenvalue weighted by Crippen LogP contribution is 2.15. The van der Waals surface area contributed by atoms with E-state index in [-0.39, 0.29) is 5.82 Å². The minimum absolute atomic E-state index is 0.298. The molecule has 0 unspecified atom stereocenters. The molecule has 0 aliphatic heterocycles. The van der Waals surface area contributed by atoms with Crippen LogP contribution in [0.15, 0.2) is 30.5 Å². The van der Waals surface area contributed by atoms with Gasteiger partial charge in [0.1, 0.15) is 9.52 Å². The molecule has 2 nitrogen and oxygen atoms in total. The van der Waals surface area contributed by atoms with Crippen molar-refractivity contribution in [1.82, 2.24) is 9.78 Å². The summed E-state index contributed by atoms with van der Waals surface area (Å²) >= 11 is 7.77. The molecule has 0 aliphatic rings. The maximum atomic E-state index is 13.4. The molecule has 0 saturated heterocycles. The molecular weight excluding hydrogens is 329 g/mol. The van der Waals surface area contributed by atoms with E-state index < -0.39 is 0 Å². The number of benzene rings is 1. The van der Waals surface area contributed by atoms with Crippen LogP contribution in [0.25, 0.3) is 0 Å². The van der Waals surface area contributed by atoms with Crippen molar-refractivity contribution in [3.05, 3.63) is 50.6 Å². The zero-order valence-electron chi connectivity index (χ0n) is 7.62. The van der Waals surface area contributed by atoms with Crippen LogP contribution in [0.5, 0.6) is 0 Å². The van der Waals surface area contributed by atoms with Gasteiger partial charge in [-0.05, 0) is 40.8 Å². The van der Waals surface area contributed by atoms with Gasteiger partial charge in [0.2, 0.25) is 0 Å². The Morgan fingerprint density at radius 3 is 2.80 bits per heavy atom. The lowest BCUT2D eigenvalue weighted by molar-refractivity contribution is 0.584. The molecule has 15 heavy (non-hydrogen) atoms. The molecule has 0 fully saturated rings. The number of hydrogen-bond acceptors (Lipinski definition) is 1. The van der Waals surface area contributed by atoms with Gasteiger partial charge in [-0.3, -0.25) is 4.68 Å². The first kappa shape index (κ1) is 10.9. The second-order valence-corrected chi connectivity index (χ2v) is 4.61. The van der Waals surface area contributed by atoms with E-state index in [1.807, 2.05) is 12.3 Å². The van der Waals surface area contributed by atoms with Crippen molar-refractivity contribution in [2.45, 2.75) is 6.54 Å². The molecule has 0 amide bonds. The standard InChI is InChI=1S/C10H7ClFIN2/c11-8-2-1-7(9(12)5-8)6-15-4-3-10(13)14-15/h1-5H,6H2. The van der Waals surface area contributed by atoms with Gasteiger partial charge in [0, 0.05) is 16.8 Å². The van der Waals surface area contributed by atoms with Crippen LogP contribution >= 0.6 is 34.2 Å². The molecule has 2 rings (SSSR count). The van der Waals surface area contributed by atoms with Gasteiger partial charge in [0.05, 0.1) is 6.54 Å². The van der Waals surface area contributed by atoms with E-state index in [4.69, 9.17) is 11.6 Å². The number of halogens is 3. The molecule has 5 heteroatoms. The van der Waals surface area contributed by atoms with E-state index in [9.17, 15) is 4.39 Å². The molecule has 0 radical (unpaired) electrons. The summed E-state index contributed by atoms with van der Waals surface area (Å²) in [5.74, 6) is -0.298. The summed E-state index contributed by atoms with van der Waals surface area (Å²) in [5.41, 5.74) is 0.582. The lowest BCUT2D eigenvalue weighted by atomic mass is 10.2. The van der Waals surface area contributed by atoms with Gasteiger partial charge in [-0.25, -0.2) is 4.39 Å². The Hall–Kier alpha value is -0.620. The largest absolute Gasteiger partial charge is 0.267 e. The minimum Gasteiger partial charge on any atom is -0.267 e. The second kappa shape index (κ2) is 4.49. The van der Waals surface area contributed by atoms with Crippen LogP contribution in [-0.2, 0) is 6.54 Å². The summed E-state index contributed by atoms with van der Waals surface area (Å²) in [6, 6.07) is 6.53. The fraction of sp³-hybridized carbons (Fsp3) is 0.100. The molecule has 0 aliphatic carbocycles. The molecule has 0 bridgehead atoms. The van der Waals surface area contributed by atoms with Gasteiger partial charge in [0.25, 0.3) is 0 Å². The predicted octanol–water partition coefficient (Wildman–Crippen LogP) is 3.33. The zero-order valence-corrected chi connectivity index (χ0v) is 10.5. The predicted molar refractivity (Wildman–Crippen MR) is 65.5 cm³/mol. The smallest absolute Gasteiger partial charge is 0.129 e. The normalized spacial score (nSPS) is 10.6. The van der Waals surface area contributed by atoms with E-state index in [2.05, 4.69) is 27.7 Å². The monoisotopic (exact) mass is 336 g/mol. The maximum Gasteiger partial charge on any atom is 0.129 e. The average molecular weight is 337 g/mol. The Kier molecular flexibility index (Phi) is 3.25. The average Bonchev–Trinajstić information content (AvgIpc) is 2.56. The summed E-state index contributed by atoms with van der Waals surface area (Å²) in [6.07, 6.45) is 1.82. The quantitative estimate of drug-likeness (QED) is 0.769. The lowest BCUT2D eigenvalue weighted by Gasteiger charge is -2.03. The van der Waals surface area contributed by atoms with Crippen LogP contribution < -0.4 is 0 Å². The highest BCUT2D eigenvalue weighted by Gasteiger charge is 2.04. The summed E-state index contributed by atoms with van der Waals surface area (Å²) < 4.78 is 16.0. The molecule has 0 N–H and O–H groups in total. The maximum absolute atomic E-state index is 13.4. The van der Waals surface area contributed by atoms with Gasteiger partial charge in [-0.15, -0.1) is 0 Å². The van der Waals surface area contributed by atoms with Crippen LogP contribution in [-0.4, -0.2) is 9.78 Å². The molecule has 0 spiro atoms. The van der Waals surface area contributed by atoms with Crippen LogP contribution in [0.3, 0.4) is 0 Å². The molecule has 1 heterocycles.